The van der Waals surface area contributed by atoms with E-state index in [9.17, 15) is 61.0 Å². The highest BCUT2D eigenvalue weighted by Gasteiger charge is 2.53. The van der Waals surface area contributed by atoms with E-state index in [0.29, 0.717) is 6.42 Å². The molecule has 1 amide bonds. The van der Waals surface area contributed by atoms with E-state index >= 15 is 0 Å². The quantitative estimate of drug-likeness (QED) is 0.0200. The summed E-state index contributed by atoms with van der Waals surface area (Å²) < 4.78 is 34.3. The van der Waals surface area contributed by atoms with Crippen LogP contribution in [0.5, 0.6) is 0 Å². The van der Waals surface area contributed by atoms with Crippen LogP contribution in [0, 0.1) is 0 Å². The first-order chi connectivity index (χ1) is 43.8. The van der Waals surface area contributed by atoms with E-state index in [1.54, 1.807) is 6.08 Å². The van der Waals surface area contributed by atoms with Crippen molar-refractivity contribution in [3.63, 3.8) is 0 Å². The fraction of sp³-hybridized carbons (Fsp3) is 0.789. The predicted octanol–water partition coefficient (Wildman–Crippen LogP) is 9.10. The fourth-order valence-electron chi connectivity index (χ4n) is 11.3. The molecule has 3 fully saturated rings. The van der Waals surface area contributed by atoms with Gasteiger partial charge in [0.05, 0.1) is 38.6 Å². The predicted molar refractivity (Wildman–Crippen MR) is 351 cm³/mol. The highest BCUT2D eigenvalue weighted by Crippen LogP contribution is 2.33. The highest BCUT2D eigenvalue weighted by atomic mass is 16.8. The lowest BCUT2D eigenvalue weighted by Gasteiger charge is -2.48. The zero-order valence-electron chi connectivity index (χ0n) is 54.8. The first-order valence-corrected chi connectivity index (χ1v) is 34.8. The van der Waals surface area contributed by atoms with Gasteiger partial charge in [-0.05, 0) is 70.6 Å². The van der Waals surface area contributed by atoms with Gasteiger partial charge in [0.2, 0.25) is 5.91 Å². The first-order valence-electron chi connectivity index (χ1n) is 34.8. The van der Waals surface area contributed by atoms with Crippen LogP contribution < -0.4 is 5.32 Å². The van der Waals surface area contributed by atoms with E-state index in [2.05, 4.69) is 92.1 Å². The second-order valence-electron chi connectivity index (χ2n) is 24.6. The van der Waals surface area contributed by atoms with Gasteiger partial charge in [-0.25, -0.2) is 0 Å². The Morgan fingerprint density at radius 1 is 0.411 bits per heavy atom. The minimum Gasteiger partial charge on any atom is -0.394 e. The molecule has 0 radical (unpaired) electrons. The summed E-state index contributed by atoms with van der Waals surface area (Å²) >= 11 is 0. The summed E-state index contributed by atoms with van der Waals surface area (Å²) in [6.07, 6.45) is 39.8. The lowest BCUT2D eigenvalue weighted by molar-refractivity contribution is -0.379. The van der Waals surface area contributed by atoms with E-state index in [4.69, 9.17) is 28.4 Å². The van der Waals surface area contributed by atoms with Crippen molar-refractivity contribution in [1.29, 1.82) is 0 Å². The molecule has 12 N–H and O–H groups in total. The molecule has 19 heteroatoms. The standard InChI is InChI=1S/C71H123NO18/c1-3-5-7-9-11-13-15-17-19-21-23-25-26-27-29-30-32-34-36-38-40-42-44-46-48-55(76)54(72-59(77)49-47-45-43-41-39-37-35-33-31-28-24-22-20-18-16-14-12-10-8-6-4-2)53-85-69-65(83)62(80)67(57(51-74)87-69)90-71-66(84)63(81)68(58(52-75)88-71)89-70-64(82)61(79)60(78)56(50-73)86-70/h6,8,12,14,18,20,24,28,33,35,39,41,46,48,54-58,60-71,73-76,78-84H,3-5,7,9-11,13,15-17,19,21-23,25-27,29-32,34,36-38,40,42-45,47,49-53H2,1-2H3,(H,72,77)/b8-6-,14-12-,20-18-,28-24-,35-33-,41-39-,48-46+. The third kappa shape index (κ3) is 33.9. The highest BCUT2D eigenvalue weighted by molar-refractivity contribution is 5.76. The number of ether oxygens (including phenoxy) is 6. The van der Waals surface area contributed by atoms with Crippen LogP contribution in [-0.4, -0.2) is 193 Å². The molecule has 0 saturated carbocycles. The van der Waals surface area contributed by atoms with Gasteiger partial charge in [-0.1, -0.05) is 234 Å². The maximum absolute atomic E-state index is 13.4. The van der Waals surface area contributed by atoms with Crippen LogP contribution in [0.1, 0.15) is 226 Å². The van der Waals surface area contributed by atoms with Gasteiger partial charge >= 0.3 is 0 Å². The maximum atomic E-state index is 13.4. The van der Waals surface area contributed by atoms with Crippen molar-refractivity contribution >= 4 is 5.91 Å². The van der Waals surface area contributed by atoms with Gasteiger partial charge in [0.15, 0.2) is 18.9 Å². The Kier molecular flexibility index (Phi) is 47.2. The Morgan fingerprint density at radius 3 is 1.20 bits per heavy atom. The van der Waals surface area contributed by atoms with Crippen LogP contribution in [0.15, 0.2) is 85.1 Å². The third-order valence-corrected chi connectivity index (χ3v) is 16.9. The van der Waals surface area contributed by atoms with Gasteiger partial charge in [0.25, 0.3) is 0 Å². The molecule has 3 aliphatic rings. The first kappa shape index (κ1) is 81.2. The monoisotopic (exact) mass is 1280 g/mol. The van der Waals surface area contributed by atoms with Crippen molar-refractivity contribution in [3.05, 3.63) is 85.1 Å². The number of rotatable bonds is 52. The lowest BCUT2D eigenvalue weighted by atomic mass is 9.96. The second kappa shape index (κ2) is 52.3. The van der Waals surface area contributed by atoms with Crippen molar-refractivity contribution in [2.75, 3.05) is 26.4 Å². The number of amides is 1. The second-order valence-corrected chi connectivity index (χ2v) is 24.6. The fourth-order valence-corrected chi connectivity index (χ4v) is 11.3. The number of aliphatic hydroxyl groups excluding tert-OH is 11. The van der Waals surface area contributed by atoms with E-state index < -0.39 is 124 Å². The summed E-state index contributed by atoms with van der Waals surface area (Å²) in [4.78, 5) is 13.4. The SMILES string of the molecule is CC/C=C\C/C=C\C/C=C\C/C=C\C/C=C\C/C=C\CCCCC(=O)NC(COC1OC(CO)C(OC2OC(CO)C(OC3OC(CO)C(O)C(O)C3O)C(O)C2O)C(O)C1O)C(O)/C=C/CCCCCCCCCCCCCCCCCCCCCCCC. The number of allylic oxidation sites excluding steroid dienone is 13. The molecule has 3 aliphatic heterocycles. The molecule has 0 aliphatic carbocycles. The number of carbonyl (C=O) groups is 1. The smallest absolute Gasteiger partial charge is 0.220 e. The molecule has 3 rings (SSSR count). The summed E-state index contributed by atoms with van der Waals surface area (Å²) in [6.45, 7) is 1.59. The van der Waals surface area contributed by atoms with Crippen molar-refractivity contribution in [2.45, 2.75) is 330 Å². The normalized spacial score (nSPS) is 28.6. The van der Waals surface area contributed by atoms with Crippen molar-refractivity contribution in [3.8, 4) is 0 Å². The Hall–Kier alpha value is -3.03. The minimum absolute atomic E-state index is 0.184. The molecular weight excluding hydrogens is 1150 g/mol. The molecule has 17 atom stereocenters. The van der Waals surface area contributed by atoms with Crippen LogP contribution in [0.2, 0.25) is 0 Å². The summed E-state index contributed by atoms with van der Waals surface area (Å²) in [5.41, 5.74) is 0. The van der Waals surface area contributed by atoms with Crippen molar-refractivity contribution in [2.24, 2.45) is 0 Å². The zero-order valence-corrected chi connectivity index (χ0v) is 54.8. The molecule has 3 saturated heterocycles. The van der Waals surface area contributed by atoms with Gasteiger partial charge < -0.3 is 89.9 Å². The maximum Gasteiger partial charge on any atom is 0.220 e. The minimum atomic E-state index is -1.99. The average molecular weight is 1280 g/mol. The topological polar surface area (TPSA) is 307 Å². The van der Waals surface area contributed by atoms with Crippen LogP contribution in [0.25, 0.3) is 0 Å². The van der Waals surface area contributed by atoms with Crippen LogP contribution >= 0.6 is 0 Å². The molecular formula is C71H123NO18. The molecule has 0 bridgehead atoms. The number of carbonyl (C=O) groups excluding carboxylic acids is 1. The number of aliphatic hydroxyl groups is 11. The van der Waals surface area contributed by atoms with Crippen molar-refractivity contribution in [1.82, 2.24) is 5.32 Å². The van der Waals surface area contributed by atoms with Crippen LogP contribution in [0.4, 0.5) is 0 Å². The van der Waals surface area contributed by atoms with E-state index in [1.807, 2.05) is 6.08 Å². The molecule has 17 unspecified atom stereocenters. The number of unbranched alkanes of at least 4 members (excludes halogenated alkanes) is 24. The summed E-state index contributed by atoms with van der Waals surface area (Å²) in [5, 5.41) is 121. The lowest BCUT2D eigenvalue weighted by Crippen LogP contribution is -2.66. The Balaban J connectivity index is 1.47. The number of hydrogen-bond donors (Lipinski definition) is 12. The van der Waals surface area contributed by atoms with E-state index in [1.165, 1.54) is 122 Å². The summed E-state index contributed by atoms with van der Waals surface area (Å²) in [5.74, 6) is -0.319. The van der Waals surface area contributed by atoms with Gasteiger partial charge in [-0.2, -0.15) is 0 Å². The van der Waals surface area contributed by atoms with Crippen LogP contribution in [-0.2, 0) is 33.2 Å². The Labute approximate surface area is 540 Å². The molecule has 520 valence electrons. The summed E-state index contributed by atoms with van der Waals surface area (Å²) in [7, 11) is 0. The molecule has 0 aromatic heterocycles. The number of hydrogen-bond acceptors (Lipinski definition) is 18. The van der Waals surface area contributed by atoms with Gasteiger partial charge in [0.1, 0.15) is 73.2 Å². The molecule has 19 nitrogen and oxygen atoms in total. The van der Waals surface area contributed by atoms with E-state index in [-0.39, 0.29) is 18.9 Å². The van der Waals surface area contributed by atoms with Crippen LogP contribution in [0.3, 0.4) is 0 Å². The van der Waals surface area contributed by atoms with Crippen molar-refractivity contribution < 1.29 is 89.4 Å². The molecule has 0 aromatic carbocycles. The zero-order chi connectivity index (χ0) is 65.4. The largest absolute Gasteiger partial charge is 0.394 e. The third-order valence-electron chi connectivity index (χ3n) is 16.9. The molecule has 90 heavy (non-hydrogen) atoms. The van der Waals surface area contributed by atoms with Gasteiger partial charge in [-0.15, -0.1) is 0 Å². The Bertz CT molecular complexity index is 1960. The molecule has 0 aromatic rings. The molecule has 3 heterocycles. The number of nitrogens with one attached hydrogen (secondary N) is 1. The average Bonchev–Trinajstić information content (AvgIpc) is 0.853. The summed E-state index contributed by atoms with van der Waals surface area (Å²) in [6, 6.07) is -1.00. The van der Waals surface area contributed by atoms with Gasteiger partial charge in [-0.3, -0.25) is 4.79 Å². The van der Waals surface area contributed by atoms with E-state index in [0.717, 1.165) is 77.0 Å². The molecule has 0 spiro atoms. The van der Waals surface area contributed by atoms with Gasteiger partial charge in [0, 0.05) is 6.42 Å². The Morgan fingerprint density at radius 2 is 0.767 bits per heavy atom.